The Morgan fingerprint density at radius 3 is 2.36 bits per heavy atom. The predicted octanol–water partition coefficient (Wildman–Crippen LogP) is 2.28. The van der Waals surface area contributed by atoms with Crippen LogP contribution in [0.5, 0.6) is 11.5 Å². The number of aliphatic hydroxyl groups excluding tert-OH is 1. The normalized spacial score (nSPS) is 11.8. The molecule has 1 heterocycles. The molecular formula is C15H16N2O5. The molecule has 0 saturated carbocycles. The van der Waals surface area contributed by atoms with E-state index in [0.717, 1.165) is 0 Å². The van der Waals surface area contributed by atoms with Gasteiger partial charge in [-0.3, -0.25) is 15.1 Å². The topological polar surface area (TPSA) is 94.7 Å². The van der Waals surface area contributed by atoms with Crippen molar-refractivity contribution in [3.8, 4) is 11.5 Å². The summed E-state index contributed by atoms with van der Waals surface area (Å²) in [5, 5.41) is 21.5. The van der Waals surface area contributed by atoms with Crippen LogP contribution in [0, 0.1) is 10.1 Å². The Morgan fingerprint density at radius 2 is 1.82 bits per heavy atom. The average Bonchev–Trinajstić information content (AvgIpc) is 2.54. The first-order chi connectivity index (χ1) is 10.6. The Bertz CT molecular complexity index is 660. The first-order valence-corrected chi connectivity index (χ1v) is 6.54. The summed E-state index contributed by atoms with van der Waals surface area (Å²) in [7, 11) is 2.86. The van der Waals surface area contributed by atoms with Crippen molar-refractivity contribution in [1.82, 2.24) is 4.98 Å². The molecule has 0 spiro atoms. The van der Waals surface area contributed by atoms with Crippen molar-refractivity contribution in [3.05, 3.63) is 57.9 Å². The van der Waals surface area contributed by atoms with E-state index in [4.69, 9.17) is 9.47 Å². The SMILES string of the molecule is COc1cc(CC(O)c2ccncc2)c([N+](=O)[O-])cc1OC. The predicted molar refractivity (Wildman–Crippen MR) is 79.1 cm³/mol. The van der Waals surface area contributed by atoms with Gasteiger partial charge in [0.25, 0.3) is 5.69 Å². The number of hydrogen-bond donors (Lipinski definition) is 1. The van der Waals surface area contributed by atoms with Crippen LogP contribution in [0.3, 0.4) is 0 Å². The molecule has 0 aliphatic rings. The van der Waals surface area contributed by atoms with Crippen molar-refractivity contribution < 1.29 is 19.5 Å². The number of aliphatic hydroxyl groups is 1. The van der Waals surface area contributed by atoms with Crippen molar-refractivity contribution in [2.45, 2.75) is 12.5 Å². The summed E-state index contributed by atoms with van der Waals surface area (Å²) in [4.78, 5) is 14.6. The van der Waals surface area contributed by atoms with E-state index < -0.39 is 11.0 Å². The molecule has 2 rings (SSSR count). The van der Waals surface area contributed by atoms with E-state index in [0.29, 0.717) is 16.9 Å². The van der Waals surface area contributed by atoms with Gasteiger partial charge in [0.2, 0.25) is 0 Å². The highest BCUT2D eigenvalue weighted by atomic mass is 16.6. The molecule has 1 unspecified atom stereocenters. The Morgan fingerprint density at radius 1 is 1.23 bits per heavy atom. The highest BCUT2D eigenvalue weighted by Gasteiger charge is 2.22. The van der Waals surface area contributed by atoms with Crippen LogP contribution in [-0.2, 0) is 6.42 Å². The van der Waals surface area contributed by atoms with E-state index in [1.54, 1.807) is 24.5 Å². The van der Waals surface area contributed by atoms with Crippen LogP contribution in [-0.4, -0.2) is 29.2 Å². The van der Waals surface area contributed by atoms with Crippen LogP contribution in [0.15, 0.2) is 36.7 Å². The lowest BCUT2D eigenvalue weighted by molar-refractivity contribution is -0.385. The lowest BCUT2D eigenvalue weighted by atomic mass is 10.0. The maximum absolute atomic E-state index is 11.2. The van der Waals surface area contributed by atoms with E-state index >= 15 is 0 Å². The fourth-order valence-corrected chi connectivity index (χ4v) is 2.16. The first-order valence-electron chi connectivity index (χ1n) is 6.54. The second-order valence-corrected chi connectivity index (χ2v) is 4.59. The molecule has 1 atom stereocenters. The van der Waals surface area contributed by atoms with Crippen LogP contribution >= 0.6 is 0 Å². The number of methoxy groups -OCH3 is 2. The number of benzene rings is 1. The number of rotatable bonds is 6. The smallest absolute Gasteiger partial charge is 0.276 e. The molecule has 0 aliphatic carbocycles. The molecule has 0 saturated heterocycles. The molecule has 1 N–H and O–H groups in total. The van der Waals surface area contributed by atoms with Crippen LogP contribution in [0.2, 0.25) is 0 Å². The van der Waals surface area contributed by atoms with Gasteiger partial charge in [0.1, 0.15) is 0 Å². The summed E-state index contributed by atoms with van der Waals surface area (Å²) in [5.74, 6) is 0.654. The van der Waals surface area contributed by atoms with Crippen molar-refractivity contribution in [1.29, 1.82) is 0 Å². The van der Waals surface area contributed by atoms with E-state index in [9.17, 15) is 15.2 Å². The molecule has 0 aliphatic heterocycles. The lowest BCUT2D eigenvalue weighted by Crippen LogP contribution is -2.05. The Labute approximate surface area is 127 Å². The number of nitro groups is 1. The van der Waals surface area contributed by atoms with Crippen molar-refractivity contribution in [2.24, 2.45) is 0 Å². The molecule has 1 aromatic heterocycles. The van der Waals surface area contributed by atoms with Crippen molar-refractivity contribution in [2.75, 3.05) is 14.2 Å². The van der Waals surface area contributed by atoms with Gasteiger partial charge in [0, 0.05) is 24.4 Å². The molecule has 7 heteroatoms. The van der Waals surface area contributed by atoms with Gasteiger partial charge in [-0.2, -0.15) is 0 Å². The molecule has 2 aromatic rings. The van der Waals surface area contributed by atoms with Gasteiger partial charge in [0.15, 0.2) is 11.5 Å². The monoisotopic (exact) mass is 304 g/mol. The summed E-state index contributed by atoms with van der Waals surface area (Å²) in [5.41, 5.74) is 0.886. The minimum atomic E-state index is -0.875. The minimum absolute atomic E-state index is 0.0840. The van der Waals surface area contributed by atoms with Gasteiger partial charge in [-0.1, -0.05) is 0 Å². The van der Waals surface area contributed by atoms with Crippen LogP contribution in [0.1, 0.15) is 17.2 Å². The molecule has 116 valence electrons. The molecule has 0 fully saturated rings. The molecule has 0 radical (unpaired) electrons. The second kappa shape index (κ2) is 6.86. The third kappa shape index (κ3) is 3.32. The Balaban J connectivity index is 2.38. The summed E-state index contributed by atoms with van der Waals surface area (Å²) in [6.07, 6.45) is 2.32. The second-order valence-electron chi connectivity index (χ2n) is 4.59. The fourth-order valence-electron chi connectivity index (χ4n) is 2.16. The van der Waals surface area contributed by atoms with Gasteiger partial charge < -0.3 is 14.6 Å². The van der Waals surface area contributed by atoms with Crippen LogP contribution in [0.4, 0.5) is 5.69 Å². The highest BCUT2D eigenvalue weighted by Crippen LogP contribution is 2.36. The van der Waals surface area contributed by atoms with Gasteiger partial charge in [-0.15, -0.1) is 0 Å². The summed E-state index contributed by atoms with van der Waals surface area (Å²) in [6, 6.07) is 6.14. The number of hydrogen-bond acceptors (Lipinski definition) is 6. The van der Waals surface area contributed by atoms with Gasteiger partial charge >= 0.3 is 0 Å². The number of aromatic nitrogens is 1. The quantitative estimate of drug-likeness (QED) is 0.650. The third-order valence-electron chi connectivity index (χ3n) is 3.29. The summed E-state index contributed by atoms with van der Waals surface area (Å²) < 4.78 is 10.2. The third-order valence-corrected chi connectivity index (χ3v) is 3.29. The van der Waals surface area contributed by atoms with E-state index in [-0.39, 0.29) is 17.9 Å². The molecular weight excluding hydrogens is 288 g/mol. The Hall–Kier alpha value is -2.67. The van der Waals surface area contributed by atoms with Crippen LogP contribution in [0.25, 0.3) is 0 Å². The highest BCUT2D eigenvalue weighted by molar-refractivity contribution is 5.54. The van der Waals surface area contributed by atoms with E-state index in [2.05, 4.69) is 4.98 Å². The first kappa shape index (κ1) is 15.7. The lowest BCUT2D eigenvalue weighted by Gasteiger charge is -2.14. The maximum Gasteiger partial charge on any atom is 0.276 e. The molecule has 0 amide bonds. The van der Waals surface area contributed by atoms with Gasteiger partial charge in [-0.25, -0.2) is 0 Å². The number of nitro benzene ring substituents is 1. The zero-order valence-electron chi connectivity index (χ0n) is 12.2. The zero-order chi connectivity index (χ0) is 16.1. The molecule has 7 nitrogen and oxygen atoms in total. The van der Waals surface area contributed by atoms with E-state index in [1.165, 1.54) is 26.4 Å². The maximum atomic E-state index is 11.2. The summed E-state index contributed by atoms with van der Waals surface area (Å²) >= 11 is 0. The molecule has 22 heavy (non-hydrogen) atoms. The zero-order valence-corrected chi connectivity index (χ0v) is 12.2. The van der Waals surface area contributed by atoms with Crippen molar-refractivity contribution in [3.63, 3.8) is 0 Å². The van der Waals surface area contributed by atoms with E-state index in [1.807, 2.05) is 0 Å². The average molecular weight is 304 g/mol. The number of nitrogens with zero attached hydrogens (tertiary/aromatic N) is 2. The van der Waals surface area contributed by atoms with Crippen molar-refractivity contribution >= 4 is 5.69 Å². The van der Waals surface area contributed by atoms with Gasteiger partial charge in [0.05, 0.1) is 31.3 Å². The number of pyridine rings is 1. The largest absolute Gasteiger partial charge is 0.493 e. The Kier molecular flexibility index (Phi) is 4.90. The van der Waals surface area contributed by atoms with Crippen LogP contribution < -0.4 is 9.47 Å². The molecule has 0 bridgehead atoms. The minimum Gasteiger partial charge on any atom is -0.493 e. The summed E-state index contributed by atoms with van der Waals surface area (Å²) in [6.45, 7) is 0. The molecule has 1 aromatic carbocycles. The standard InChI is InChI=1S/C15H16N2O5/c1-21-14-8-11(12(17(19)20)9-15(14)22-2)7-13(18)10-3-5-16-6-4-10/h3-6,8-9,13,18H,7H2,1-2H3. The fraction of sp³-hybridized carbons (Fsp3) is 0.267. The van der Waals surface area contributed by atoms with Gasteiger partial charge in [-0.05, 0) is 23.8 Å². The number of ether oxygens (including phenoxy) is 2.